The lowest BCUT2D eigenvalue weighted by molar-refractivity contribution is 0.0916. The van der Waals surface area contributed by atoms with Gasteiger partial charge in [-0.25, -0.2) is 4.68 Å². The Morgan fingerprint density at radius 3 is 2.80 bits per heavy atom. The maximum absolute atomic E-state index is 12.8. The van der Waals surface area contributed by atoms with E-state index in [9.17, 15) is 9.59 Å². The van der Waals surface area contributed by atoms with Crippen LogP contribution in [0.4, 0.5) is 0 Å². The number of hydrogen-bond acceptors (Lipinski definition) is 5. The highest BCUT2D eigenvalue weighted by atomic mass is 16.5. The fraction of sp³-hybridized carbons (Fsp3) is 0.455. The van der Waals surface area contributed by atoms with Crippen LogP contribution < -0.4 is 10.9 Å². The molecule has 8 heteroatoms. The van der Waals surface area contributed by atoms with Gasteiger partial charge in [-0.1, -0.05) is 18.2 Å². The molecule has 156 valence electrons. The molecular weight excluding hydrogens is 382 g/mol. The topological polar surface area (TPSA) is 91.0 Å². The van der Waals surface area contributed by atoms with Crippen LogP contribution in [0.1, 0.15) is 53.5 Å². The molecule has 0 spiro atoms. The third-order valence-electron chi connectivity index (χ3n) is 6.21. The van der Waals surface area contributed by atoms with Gasteiger partial charge in [0, 0.05) is 36.5 Å². The van der Waals surface area contributed by atoms with E-state index < -0.39 is 0 Å². The zero-order valence-electron chi connectivity index (χ0n) is 17.0. The van der Waals surface area contributed by atoms with Gasteiger partial charge in [0.25, 0.3) is 11.5 Å². The van der Waals surface area contributed by atoms with Crippen molar-refractivity contribution in [2.75, 3.05) is 6.61 Å². The van der Waals surface area contributed by atoms with Crippen molar-refractivity contribution < 1.29 is 9.53 Å². The van der Waals surface area contributed by atoms with E-state index >= 15 is 0 Å². The van der Waals surface area contributed by atoms with Gasteiger partial charge in [-0.15, -0.1) is 0 Å². The number of nitrogens with one attached hydrogen (secondary N) is 1. The van der Waals surface area contributed by atoms with E-state index in [1.165, 1.54) is 0 Å². The number of nitrogens with zero attached hydrogens (tertiary/aromatic N) is 4. The van der Waals surface area contributed by atoms with E-state index in [-0.39, 0.29) is 23.6 Å². The first-order valence-electron chi connectivity index (χ1n) is 10.5. The lowest BCUT2D eigenvalue weighted by Crippen LogP contribution is -2.40. The van der Waals surface area contributed by atoms with Gasteiger partial charge in [-0.3, -0.25) is 14.3 Å². The Kier molecular flexibility index (Phi) is 4.86. The molecule has 8 nitrogen and oxygen atoms in total. The molecule has 0 bridgehead atoms. The first-order chi connectivity index (χ1) is 14.6. The maximum atomic E-state index is 12.8. The first-order valence-corrected chi connectivity index (χ1v) is 10.5. The summed E-state index contributed by atoms with van der Waals surface area (Å²) in [6.45, 7) is 1.12. The number of carbonyl (C=O) groups is 1. The van der Waals surface area contributed by atoms with E-state index in [2.05, 4.69) is 15.5 Å². The van der Waals surface area contributed by atoms with Crippen LogP contribution in [-0.2, 0) is 24.8 Å². The van der Waals surface area contributed by atoms with Crippen LogP contribution in [0.2, 0.25) is 0 Å². The number of rotatable bonds is 3. The largest absolute Gasteiger partial charge is 0.376 e. The van der Waals surface area contributed by atoms with Gasteiger partial charge in [0.2, 0.25) is 0 Å². The Bertz CT molecular complexity index is 1160. The number of aromatic nitrogens is 4. The quantitative estimate of drug-likeness (QED) is 0.718. The molecule has 2 aromatic heterocycles. The molecule has 0 radical (unpaired) electrons. The zero-order valence-corrected chi connectivity index (χ0v) is 17.0. The smallest absolute Gasteiger partial charge is 0.272 e. The number of benzene rings is 1. The molecular formula is C22H25N5O3. The summed E-state index contributed by atoms with van der Waals surface area (Å²) in [5.41, 5.74) is 3.22. The average molecular weight is 407 g/mol. The fourth-order valence-corrected chi connectivity index (χ4v) is 4.59. The molecule has 1 N–H and O–H groups in total. The molecule has 3 aromatic rings. The molecule has 3 heterocycles. The second kappa shape index (κ2) is 7.68. The van der Waals surface area contributed by atoms with Crippen LogP contribution in [0.25, 0.3) is 10.9 Å². The maximum Gasteiger partial charge on any atom is 0.272 e. The third kappa shape index (κ3) is 3.41. The highest BCUT2D eigenvalue weighted by molar-refractivity contribution is 6.04. The van der Waals surface area contributed by atoms with Crippen molar-refractivity contribution in [3.05, 3.63) is 57.6 Å². The first kappa shape index (κ1) is 19.0. The average Bonchev–Trinajstić information content (AvgIpc) is 3.11. The van der Waals surface area contributed by atoms with Crippen molar-refractivity contribution in [3.8, 4) is 0 Å². The molecule has 0 saturated heterocycles. The van der Waals surface area contributed by atoms with Crippen LogP contribution in [-0.4, -0.2) is 38.1 Å². The fourth-order valence-electron chi connectivity index (χ4n) is 4.59. The van der Waals surface area contributed by atoms with Crippen molar-refractivity contribution >= 4 is 16.8 Å². The number of aryl methyl sites for hydroxylation is 1. The van der Waals surface area contributed by atoms with E-state index in [0.29, 0.717) is 18.9 Å². The number of fused-ring (bicyclic) bond motifs is 2. The minimum absolute atomic E-state index is 0.0632. The highest BCUT2D eigenvalue weighted by Gasteiger charge is 2.27. The number of hydrogen-bond donors (Lipinski definition) is 1. The van der Waals surface area contributed by atoms with E-state index in [1.807, 2.05) is 31.3 Å². The number of carbonyl (C=O) groups excluding carboxylic acids is 1. The van der Waals surface area contributed by atoms with Crippen molar-refractivity contribution in [2.24, 2.45) is 7.05 Å². The minimum atomic E-state index is -0.140. The summed E-state index contributed by atoms with van der Waals surface area (Å²) in [7, 11) is 1.85. The molecule has 0 unspecified atom stereocenters. The summed E-state index contributed by atoms with van der Waals surface area (Å²) in [6.07, 6.45) is 4.01. The molecule has 5 rings (SSSR count). The number of ether oxygens (including phenoxy) is 1. The predicted molar refractivity (Wildman–Crippen MR) is 111 cm³/mol. The van der Waals surface area contributed by atoms with Crippen LogP contribution in [0.3, 0.4) is 0 Å². The molecule has 1 saturated carbocycles. The standard InChI is InChI=1S/C22H25N5O3/c1-26-19-5-3-2-4-17(19)21(25-26)22(29)23-15-6-8-16(9-7-15)27-20(28)12-14-13-30-11-10-18(14)24-27/h2-5,12,15-16H,6-11,13H2,1H3,(H,23,29). The van der Waals surface area contributed by atoms with E-state index in [0.717, 1.165) is 54.3 Å². The molecule has 1 aliphatic heterocycles. The van der Waals surface area contributed by atoms with Gasteiger partial charge in [-0.2, -0.15) is 10.2 Å². The Labute approximate surface area is 173 Å². The second-order valence-corrected chi connectivity index (χ2v) is 8.17. The molecule has 0 atom stereocenters. The van der Waals surface area contributed by atoms with E-state index in [4.69, 9.17) is 4.74 Å². The van der Waals surface area contributed by atoms with Crippen LogP contribution >= 0.6 is 0 Å². The van der Waals surface area contributed by atoms with Crippen LogP contribution in [0, 0.1) is 0 Å². The van der Waals surface area contributed by atoms with Gasteiger partial charge in [-0.05, 0) is 31.7 Å². The van der Waals surface area contributed by atoms with Crippen molar-refractivity contribution in [2.45, 2.75) is 50.8 Å². The summed E-state index contributed by atoms with van der Waals surface area (Å²) >= 11 is 0. The highest BCUT2D eigenvalue weighted by Crippen LogP contribution is 2.28. The predicted octanol–water partition coefficient (Wildman–Crippen LogP) is 2.12. The minimum Gasteiger partial charge on any atom is -0.376 e. The summed E-state index contributed by atoms with van der Waals surface area (Å²) < 4.78 is 8.80. The van der Waals surface area contributed by atoms with Gasteiger partial charge < -0.3 is 10.1 Å². The zero-order chi connectivity index (χ0) is 20.7. The monoisotopic (exact) mass is 407 g/mol. The Hall–Kier alpha value is -3.00. The molecule has 1 fully saturated rings. The number of amides is 1. The normalized spacial score (nSPS) is 21.4. The van der Waals surface area contributed by atoms with E-state index in [1.54, 1.807) is 15.4 Å². The molecule has 1 aromatic carbocycles. The van der Waals surface area contributed by atoms with Crippen molar-refractivity contribution in [1.82, 2.24) is 24.9 Å². The van der Waals surface area contributed by atoms with Gasteiger partial charge in [0.15, 0.2) is 5.69 Å². The van der Waals surface area contributed by atoms with Gasteiger partial charge in [0.05, 0.1) is 30.5 Å². The SMILES string of the molecule is Cn1nc(C(=O)NC2CCC(n3nc4c(cc3=O)COCC4)CC2)c2ccccc21. The molecule has 1 aliphatic carbocycles. The summed E-state index contributed by atoms with van der Waals surface area (Å²) in [5, 5.41) is 13.0. The van der Waals surface area contributed by atoms with Crippen molar-refractivity contribution in [1.29, 1.82) is 0 Å². The summed E-state index contributed by atoms with van der Waals surface area (Å²) in [6, 6.07) is 9.57. The lowest BCUT2D eigenvalue weighted by Gasteiger charge is -2.30. The molecule has 1 amide bonds. The summed E-state index contributed by atoms with van der Waals surface area (Å²) in [5.74, 6) is -0.140. The number of para-hydroxylation sites is 1. The van der Waals surface area contributed by atoms with Crippen LogP contribution in [0.5, 0.6) is 0 Å². The Balaban J connectivity index is 1.26. The molecule has 2 aliphatic rings. The van der Waals surface area contributed by atoms with Gasteiger partial charge in [0.1, 0.15) is 0 Å². The van der Waals surface area contributed by atoms with Crippen LogP contribution in [0.15, 0.2) is 35.1 Å². The van der Waals surface area contributed by atoms with Gasteiger partial charge >= 0.3 is 0 Å². The second-order valence-electron chi connectivity index (χ2n) is 8.17. The lowest BCUT2D eigenvalue weighted by atomic mass is 9.91. The Morgan fingerprint density at radius 2 is 1.97 bits per heavy atom. The summed E-state index contributed by atoms with van der Waals surface area (Å²) in [4.78, 5) is 25.4. The molecule has 30 heavy (non-hydrogen) atoms. The third-order valence-corrected chi connectivity index (χ3v) is 6.21. The Morgan fingerprint density at radius 1 is 1.17 bits per heavy atom. The van der Waals surface area contributed by atoms with Crippen molar-refractivity contribution in [3.63, 3.8) is 0 Å².